The first-order chi connectivity index (χ1) is 19.0. The average Bonchev–Trinajstić information content (AvgIpc) is 2.99. The highest BCUT2D eigenvalue weighted by molar-refractivity contribution is 7.72. The standard InChI is InChI=1S/C31H30NO6P/c33-30(39(35,37-23-27-17-9-3-10-18-27)38-24-28-19-11-4-12-20-28)29(21-25-13-5-1-6-14-25)32-31(34)36-22-26-15-7-2-8-16-26/h1-20,29H,21-24H2,(H,32,34)/t29-/m0/s1. The summed E-state index contributed by atoms with van der Waals surface area (Å²) in [5.41, 5.74) is 2.15. The zero-order valence-electron chi connectivity index (χ0n) is 21.3. The Bertz CT molecular complexity index is 1320. The summed E-state index contributed by atoms with van der Waals surface area (Å²) < 4.78 is 30.9. The topological polar surface area (TPSA) is 90.9 Å². The molecule has 0 radical (unpaired) electrons. The summed E-state index contributed by atoms with van der Waals surface area (Å²) in [5, 5.41) is 2.59. The third kappa shape index (κ3) is 8.76. The Morgan fingerprint density at radius 2 is 0.974 bits per heavy atom. The molecular weight excluding hydrogens is 513 g/mol. The Morgan fingerprint density at radius 3 is 1.41 bits per heavy atom. The molecule has 0 unspecified atom stereocenters. The molecule has 200 valence electrons. The number of carbonyl (C=O) groups is 2. The van der Waals surface area contributed by atoms with Gasteiger partial charge in [0, 0.05) is 6.42 Å². The number of carbonyl (C=O) groups excluding carboxylic acids is 2. The molecule has 0 aliphatic heterocycles. The van der Waals surface area contributed by atoms with Crippen LogP contribution in [0.1, 0.15) is 22.3 Å². The summed E-state index contributed by atoms with van der Waals surface area (Å²) in [6.07, 6.45) is -0.737. The van der Waals surface area contributed by atoms with Gasteiger partial charge in [-0.3, -0.25) is 18.4 Å². The van der Waals surface area contributed by atoms with Crippen molar-refractivity contribution in [1.82, 2.24) is 5.32 Å². The Kier molecular flexibility index (Phi) is 10.2. The predicted octanol–water partition coefficient (Wildman–Crippen LogP) is 6.68. The lowest BCUT2D eigenvalue weighted by atomic mass is 10.1. The lowest BCUT2D eigenvalue weighted by Crippen LogP contribution is -2.43. The second kappa shape index (κ2) is 14.2. The van der Waals surface area contributed by atoms with Crippen LogP contribution in [0.15, 0.2) is 121 Å². The smallest absolute Gasteiger partial charge is 0.408 e. The van der Waals surface area contributed by atoms with E-state index >= 15 is 0 Å². The van der Waals surface area contributed by atoms with E-state index < -0.39 is 25.3 Å². The van der Waals surface area contributed by atoms with Crippen molar-refractivity contribution in [2.45, 2.75) is 32.3 Å². The minimum atomic E-state index is -4.38. The number of ether oxygens (including phenoxy) is 1. The van der Waals surface area contributed by atoms with Crippen molar-refractivity contribution in [1.29, 1.82) is 0 Å². The van der Waals surface area contributed by atoms with E-state index in [0.29, 0.717) is 0 Å². The first kappa shape index (κ1) is 28.0. The third-order valence-electron chi connectivity index (χ3n) is 5.84. The predicted molar refractivity (Wildman–Crippen MR) is 149 cm³/mol. The summed E-state index contributed by atoms with van der Waals surface area (Å²) in [4.78, 5) is 26.6. The van der Waals surface area contributed by atoms with E-state index in [9.17, 15) is 14.2 Å². The molecule has 0 aromatic heterocycles. The van der Waals surface area contributed by atoms with Gasteiger partial charge in [-0.2, -0.15) is 0 Å². The van der Waals surface area contributed by atoms with Gasteiger partial charge in [-0.15, -0.1) is 0 Å². The van der Waals surface area contributed by atoms with Gasteiger partial charge in [0.05, 0.1) is 13.2 Å². The molecule has 0 bridgehead atoms. The quantitative estimate of drug-likeness (QED) is 0.189. The zero-order chi connectivity index (χ0) is 27.3. The fourth-order valence-corrected chi connectivity index (χ4v) is 5.28. The summed E-state index contributed by atoms with van der Waals surface area (Å²) >= 11 is 0. The SMILES string of the molecule is O=C(N[C@@H](Cc1ccccc1)C(=O)P(=O)(OCc1ccccc1)OCc1ccccc1)OCc1ccccc1. The number of hydrogen-bond donors (Lipinski definition) is 1. The van der Waals surface area contributed by atoms with E-state index in [1.54, 1.807) is 24.3 Å². The van der Waals surface area contributed by atoms with Crippen molar-refractivity contribution in [3.05, 3.63) is 144 Å². The second-order valence-corrected chi connectivity index (χ2v) is 10.8. The van der Waals surface area contributed by atoms with Crippen LogP contribution in [0.4, 0.5) is 4.79 Å². The molecule has 7 nitrogen and oxygen atoms in total. The van der Waals surface area contributed by atoms with Gasteiger partial charge in [0.2, 0.25) is 0 Å². The van der Waals surface area contributed by atoms with Crippen LogP contribution in [-0.4, -0.2) is 17.7 Å². The summed E-state index contributed by atoms with van der Waals surface area (Å²) in [6, 6.07) is 35.2. The van der Waals surface area contributed by atoms with Gasteiger partial charge >= 0.3 is 13.7 Å². The molecule has 1 N–H and O–H groups in total. The second-order valence-electron chi connectivity index (χ2n) is 8.80. The van der Waals surface area contributed by atoms with Gasteiger partial charge in [-0.25, -0.2) is 4.79 Å². The van der Waals surface area contributed by atoms with Crippen molar-refractivity contribution in [2.75, 3.05) is 0 Å². The van der Waals surface area contributed by atoms with Gasteiger partial charge < -0.3 is 10.1 Å². The van der Waals surface area contributed by atoms with Gasteiger partial charge in [-0.05, 0) is 22.3 Å². The number of alkyl carbamates (subject to hydrolysis) is 1. The van der Waals surface area contributed by atoms with Gasteiger partial charge in [-0.1, -0.05) is 121 Å². The van der Waals surface area contributed by atoms with Crippen molar-refractivity contribution < 1.29 is 27.9 Å². The van der Waals surface area contributed by atoms with Crippen LogP contribution in [0.25, 0.3) is 0 Å². The Labute approximate surface area is 228 Å². The average molecular weight is 544 g/mol. The highest BCUT2D eigenvalue weighted by Crippen LogP contribution is 2.51. The van der Waals surface area contributed by atoms with Crippen LogP contribution < -0.4 is 5.32 Å². The maximum absolute atomic E-state index is 14.1. The molecule has 4 rings (SSSR count). The number of nitrogens with one attached hydrogen (secondary N) is 1. The van der Waals surface area contributed by atoms with Crippen LogP contribution in [0, 0.1) is 0 Å². The minimum Gasteiger partial charge on any atom is -0.445 e. The van der Waals surface area contributed by atoms with Crippen LogP contribution >= 0.6 is 7.60 Å². The summed E-state index contributed by atoms with van der Waals surface area (Å²) in [6.45, 7) is -0.185. The van der Waals surface area contributed by atoms with E-state index in [-0.39, 0.29) is 26.2 Å². The van der Waals surface area contributed by atoms with Gasteiger partial charge in [0.25, 0.3) is 5.52 Å². The van der Waals surface area contributed by atoms with Crippen molar-refractivity contribution in [3.8, 4) is 0 Å². The molecule has 39 heavy (non-hydrogen) atoms. The zero-order valence-corrected chi connectivity index (χ0v) is 22.2. The third-order valence-corrected chi connectivity index (χ3v) is 7.63. The molecule has 0 saturated heterocycles. The van der Waals surface area contributed by atoms with Crippen LogP contribution in [-0.2, 0) is 49.4 Å². The highest BCUT2D eigenvalue weighted by atomic mass is 31.2. The largest absolute Gasteiger partial charge is 0.445 e. The first-order valence-electron chi connectivity index (χ1n) is 12.5. The van der Waals surface area contributed by atoms with E-state index in [0.717, 1.165) is 22.3 Å². The van der Waals surface area contributed by atoms with Gasteiger partial charge in [0.1, 0.15) is 12.6 Å². The number of rotatable bonds is 13. The molecule has 0 spiro atoms. The molecule has 0 saturated carbocycles. The first-order valence-corrected chi connectivity index (χ1v) is 14.1. The highest BCUT2D eigenvalue weighted by Gasteiger charge is 2.41. The molecule has 1 atom stereocenters. The summed E-state index contributed by atoms with van der Waals surface area (Å²) in [5.74, 6) is 0. The van der Waals surface area contributed by atoms with Crippen LogP contribution in [0.5, 0.6) is 0 Å². The number of benzene rings is 4. The monoisotopic (exact) mass is 543 g/mol. The van der Waals surface area contributed by atoms with Crippen molar-refractivity contribution in [3.63, 3.8) is 0 Å². The van der Waals surface area contributed by atoms with E-state index in [2.05, 4.69) is 5.32 Å². The Morgan fingerprint density at radius 1 is 0.590 bits per heavy atom. The molecule has 4 aromatic carbocycles. The number of hydrogen-bond acceptors (Lipinski definition) is 6. The van der Waals surface area contributed by atoms with E-state index in [1.807, 2.05) is 97.1 Å². The molecule has 1 amide bonds. The normalized spacial score (nSPS) is 11.9. The minimum absolute atomic E-state index is 0.0194. The van der Waals surface area contributed by atoms with Gasteiger partial charge in [0.15, 0.2) is 0 Å². The molecule has 4 aromatic rings. The maximum Gasteiger partial charge on any atom is 0.408 e. The van der Waals surface area contributed by atoms with E-state index in [1.165, 1.54) is 0 Å². The Hall–Kier alpha value is -4.03. The lowest BCUT2D eigenvalue weighted by molar-refractivity contribution is -0.116. The van der Waals surface area contributed by atoms with Crippen LogP contribution in [0.3, 0.4) is 0 Å². The molecular formula is C31H30NO6P. The fraction of sp³-hybridized carbons (Fsp3) is 0.161. The van der Waals surface area contributed by atoms with E-state index in [4.69, 9.17) is 13.8 Å². The molecule has 0 heterocycles. The molecule has 0 aliphatic rings. The fourth-order valence-electron chi connectivity index (χ4n) is 3.78. The molecule has 8 heteroatoms. The van der Waals surface area contributed by atoms with Crippen LogP contribution in [0.2, 0.25) is 0 Å². The molecule has 0 aliphatic carbocycles. The Balaban J connectivity index is 1.54. The van der Waals surface area contributed by atoms with Crippen molar-refractivity contribution >= 4 is 19.2 Å². The van der Waals surface area contributed by atoms with Crippen molar-refractivity contribution in [2.24, 2.45) is 0 Å². The number of amides is 1. The summed E-state index contributed by atoms with van der Waals surface area (Å²) in [7, 11) is -4.38. The lowest BCUT2D eigenvalue weighted by Gasteiger charge is -2.23. The maximum atomic E-state index is 14.1. The molecule has 0 fully saturated rings.